The number of nitrogens with one attached hydrogen (secondary N) is 1. The second-order valence-electron chi connectivity index (χ2n) is 6.47. The van der Waals surface area contributed by atoms with Gasteiger partial charge in [-0.25, -0.2) is 0 Å². The second-order valence-corrected chi connectivity index (χ2v) is 7.42. The SMILES string of the molecule is Cc1cc(C)c(NC(=O)COC(=O)CCc2nc(-c3cccs3)no2)c(C)c1. The largest absolute Gasteiger partial charge is 0.456 e. The van der Waals surface area contributed by atoms with Crippen LogP contribution in [0, 0.1) is 20.8 Å². The van der Waals surface area contributed by atoms with E-state index in [1.165, 1.54) is 11.3 Å². The minimum Gasteiger partial charge on any atom is -0.456 e. The van der Waals surface area contributed by atoms with Gasteiger partial charge in [0.25, 0.3) is 5.91 Å². The number of benzene rings is 1. The molecule has 0 radical (unpaired) electrons. The third kappa shape index (κ3) is 5.04. The van der Waals surface area contributed by atoms with Gasteiger partial charge in [0, 0.05) is 12.1 Å². The number of rotatable bonds is 7. The quantitative estimate of drug-likeness (QED) is 0.607. The number of nitrogens with zero attached hydrogens (tertiary/aromatic N) is 2. The van der Waals surface area contributed by atoms with Crippen molar-refractivity contribution in [2.24, 2.45) is 0 Å². The van der Waals surface area contributed by atoms with Crippen molar-refractivity contribution in [3.05, 3.63) is 52.2 Å². The molecule has 2 aromatic heterocycles. The Hall–Kier alpha value is -3.00. The number of carbonyl (C=O) groups excluding carboxylic acids is 2. The first-order chi connectivity index (χ1) is 13.4. The number of aromatic nitrogens is 2. The van der Waals surface area contributed by atoms with Gasteiger partial charge >= 0.3 is 5.97 Å². The summed E-state index contributed by atoms with van der Waals surface area (Å²) < 4.78 is 10.2. The van der Waals surface area contributed by atoms with E-state index in [0.717, 1.165) is 27.3 Å². The molecule has 2 heterocycles. The number of aryl methyl sites for hydroxylation is 4. The Labute approximate surface area is 166 Å². The molecule has 146 valence electrons. The van der Waals surface area contributed by atoms with Crippen LogP contribution in [0.15, 0.2) is 34.2 Å². The lowest BCUT2D eigenvalue weighted by Crippen LogP contribution is -2.22. The number of amides is 1. The van der Waals surface area contributed by atoms with Crippen molar-refractivity contribution in [2.75, 3.05) is 11.9 Å². The third-order valence-electron chi connectivity index (χ3n) is 4.06. The van der Waals surface area contributed by atoms with Crippen LogP contribution in [-0.2, 0) is 20.7 Å². The number of thiophene rings is 1. The number of hydrogen-bond acceptors (Lipinski definition) is 7. The molecule has 3 aromatic rings. The molecule has 0 aliphatic carbocycles. The van der Waals surface area contributed by atoms with Gasteiger partial charge in [0.2, 0.25) is 11.7 Å². The van der Waals surface area contributed by atoms with Crippen LogP contribution in [0.5, 0.6) is 0 Å². The molecule has 0 saturated heterocycles. The number of ether oxygens (including phenoxy) is 1. The Morgan fingerprint density at radius 2 is 1.96 bits per heavy atom. The predicted octanol–water partition coefficient (Wildman–Crippen LogP) is 3.84. The van der Waals surface area contributed by atoms with Gasteiger partial charge in [0.05, 0.1) is 11.3 Å². The van der Waals surface area contributed by atoms with Gasteiger partial charge in [-0.05, 0) is 43.3 Å². The van der Waals surface area contributed by atoms with Crippen LogP contribution in [0.25, 0.3) is 10.7 Å². The fourth-order valence-corrected chi connectivity index (χ4v) is 3.49. The molecule has 0 saturated carbocycles. The smallest absolute Gasteiger partial charge is 0.306 e. The monoisotopic (exact) mass is 399 g/mol. The fraction of sp³-hybridized carbons (Fsp3) is 0.300. The Kier molecular flexibility index (Phi) is 6.20. The summed E-state index contributed by atoms with van der Waals surface area (Å²) in [6.07, 6.45) is 0.316. The summed E-state index contributed by atoms with van der Waals surface area (Å²) in [7, 11) is 0. The Morgan fingerprint density at radius 3 is 2.64 bits per heavy atom. The van der Waals surface area contributed by atoms with E-state index in [1.807, 2.05) is 50.4 Å². The number of esters is 1. The van der Waals surface area contributed by atoms with Crippen LogP contribution in [0.1, 0.15) is 29.0 Å². The van der Waals surface area contributed by atoms with Crippen LogP contribution < -0.4 is 5.32 Å². The van der Waals surface area contributed by atoms with Crippen LogP contribution >= 0.6 is 11.3 Å². The van der Waals surface area contributed by atoms with Crippen LogP contribution in [0.4, 0.5) is 5.69 Å². The van der Waals surface area contributed by atoms with Crippen molar-refractivity contribution in [1.29, 1.82) is 0 Å². The molecule has 0 aliphatic heterocycles. The van der Waals surface area contributed by atoms with Gasteiger partial charge in [-0.1, -0.05) is 28.9 Å². The van der Waals surface area contributed by atoms with Crippen molar-refractivity contribution in [3.8, 4) is 10.7 Å². The highest BCUT2D eigenvalue weighted by Crippen LogP contribution is 2.22. The molecule has 0 spiro atoms. The van der Waals surface area contributed by atoms with Crippen LogP contribution in [-0.4, -0.2) is 28.6 Å². The minimum atomic E-state index is -0.497. The molecule has 3 rings (SSSR count). The van der Waals surface area contributed by atoms with E-state index >= 15 is 0 Å². The van der Waals surface area contributed by atoms with Gasteiger partial charge in [-0.3, -0.25) is 9.59 Å². The molecule has 0 unspecified atom stereocenters. The highest BCUT2D eigenvalue weighted by atomic mass is 32.1. The van der Waals surface area contributed by atoms with Gasteiger partial charge in [-0.15, -0.1) is 11.3 Å². The average Bonchev–Trinajstić information content (AvgIpc) is 3.32. The van der Waals surface area contributed by atoms with Crippen molar-refractivity contribution >= 4 is 28.9 Å². The van der Waals surface area contributed by atoms with Crippen molar-refractivity contribution in [3.63, 3.8) is 0 Å². The summed E-state index contributed by atoms with van der Waals surface area (Å²) in [5.41, 5.74) is 3.81. The molecule has 28 heavy (non-hydrogen) atoms. The highest BCUT2D eigenvalue weighted by molar-refractivity contribution is 7.13. The lowest BCUT2D eigenvalue weighted by molar-refractivity contribution is -0.147. The molecular weight excluding hydrogens is 378 g/mol. The standard InChI is InChI=1S/C20H21N3O4S/c1-12-9-13(2)19(14(3)10-12)21-16(24)11-26-18(25)7-6-17-22-20(23-27-17)15-5-4-8-28-15/h4-5,8-10H,6-7,11H2,1-3H3,(H,21,24). The zero-order chi connectivity index (χ0) is 20.1. The maximum absolute atomic E-state index is 12.1. The zero-order valence-corrected chi connectivity index (χ0v) is 16.8. The zero-order valence-electron chi connectivity index (χ0n) is 15.9. The summed E-state index contributed by atoms with van der Waals surface area (Å²) in [5, 5.41) is 8.61. The van der Waals surface area contributed by atoms with E-state index in [-0.39, 0.29) is 25.4 Å². The third-order valence-corrected chi connectivity index (χ3v) is 4.92. The Morgan fingerprint density at radius 1 is 1.21 bits per heavy atom. The van der Waals surface area contributed by atoms with E-state index in [2.05, 4.69) is 15.5 Å². The molecular formula is C20H21N3O4S. The normalized spacial score (nSPS) is 10.7. The fourth-order valence-electron chi connectivity index (χ4n) is 2.84. The summed E-state index contributed by atoms with van der Waals surface area (Å²) in [6, 6.07) is 7.77. The van der Waals surface area contributed by atoms with Gasteiger partial charge in [0.1, 0.15) is 0 Å². The Balaban J connectivity index is 1.45. The number of anilines is 1. The van der Waals surface area contributed by atoms with Gasteiger partial charge in [-0.2, -0.15) is 4.98 Å². The first-order valence-electron chi connectivity index (χ1n) is 8.82. The molecule has 0 aliphatic rings. The number of carbonyl (C=O) groups is 2. The molecule has 1 amide bonds. The average molecular weight is 399 g/mol. The van der Waals surface area contributed by atoms with Crippen molar-refractivity contribution in [1.82, 2.24) is 10.1 Å². The maximum Gasteiger partial charge on any atom is 0.306 e. The van der Waals surface area contributed by atoms with Crippen molar-refractivity contribution in [2.45, 2.75) is 33.6 Å². The molecule has 0 atom stereocenters. The summed E-state index contributed by atoms with van der Waals surface area (Å²) >= 11 is 1.51. The minimum absolute atomic E-state index is 0.0575. The van der Waals surface area contributed by atoms with Crippen LogP contribution in [0.3, 0.4) is 0 Å². The van der Waals surface area contributed by atoms with E-state index in [0.29, 0.717) is 11.7 Å². The second kappa shape index (κ2) is 8.79. The molecule has 7 nitrogen and oxygen atoms in total. The van der Waals surface area contributed by atoms with Crippen molar-refractivity contribution < 1.29 is 18.8 Å². The maximum atomic E-state index is 12.1. The molecule has 1 aromatic carbocycles. The van der Waals surface area contributed by atoms with E-state index in [1.54, 1.807) is 0 Å². The summed E-state index contributed by atoms with van der Waals surface area (Å²) in [5.74, 6) is -0.0122. The van der Waals surface area contributed by atoms with Gasteiger partial charge in [0.15, 0.2) is 6.61 Å². The lowest BCUT2D eigenvalue weighted by Gasteiger charge is -2.12. The van der Waals surface area contributed by atoms with Crippen LogP contribution in [0.2, 0.25) is 0 Å². The predicted molar refractivity (Wildman–Crippen MR) is 106 cm³/mol. The topological polar surface area (TPSA) is 94.3 Å². The highest BCUT2D eigenvalue weighted by Gasteiger charge is 2.14. The lowest BCUT2D eigenvalue weighted by atomic mass is 10.1. The summed E-state index contributed by atoms with van der Waals surface area (Å²) in [4.78, 5) is 29.1. The molecule has 8 heteroatoms. The van der Waals surface area contributed by atoms with E-state index < -0.39 is 5.97 Å². The first-order valence-corrected chi connectivity index (χ1v) is 9.70. The Bertz CT molecular complexity index is 956. The van der Waals surface area contributed by atoms with E-state index in [4.69, 9.17) is 9.26 Å². The molecule has 1 N–H and O–H groups in total. The first kappa shape index (κ1) is 19.8. The summed E-state index contributed by atoms with van der Waals surface area (Å²) in [6.45, 7) is 5.52. The molecule has 0 fully saturated rings. The number of hydrogen-bond donors (Lipinski definition) is 1. The molecule has 0 bridgehead atoms. The van der Waals surface area contributed by atoms with Gasteiger partial charge < -0.3 is 14.6 Å². The van der Waals surface area contributed by atoms with E-state index in [9.17, 15) is 9.59 Å².